The van der Waals surface area contributed by atoms with Crippen LogP contribution in [0.2, 0.25) is 0 Å². The summed E-state index contributed by atoms with van der Waals surface area (Å²) in [4.78, 5) is 29.5. The summed E-state index contributed by atoms with van der Waals surface area (Å²) in [6.45, 7) is 14.1. The Hall–Kier alpha value is -3.60. The summed E-state index contributed by atoms with van der Waals surface area (Å²) in [5, 5.41) is 6.41. The molecule has 3 rings (SSSR count). The number of ether oxygens (including phenoxy) is 1. The predicted molar refractivity (Wildman–Crippen MR) is 183 cm³/mol. The molecule has 8 N–H and O–H groups in total. The molecule has 1 aliphatic rings. The van der Waals surface area contributed by atoms with Crippen LogP contribution in [-0.2, 0) is 27.4 Å². The van der Waals surface area contributed by atoms with Gasteiger partial charge in [0.05, 0.1) is 11.3 Å². The van der Waals surface area contributed by atoms with Gasteiger partial charge in [-0.2, -0.15) is 0 Å². The van der Waals surface area contributed by atoms with Crippen molar-refractivity contribution in [3.63, 3.8) is 0 Å². The molecule has 0 bridgehead atoms. The number of benzene rings is 2. The average molecular weight is 622 g/mol. The van der Waals surface area contributed by atoms with Gasteiger partial charge in [-0.15, -0.1) is 0 Å². The number of nitrogens with zero attached hydrogens (tertiary/aromatic N) is 2. The number of amides is 2. The highest BCUT2D eigenvalue weighted by Gasteiger charge is 2.25. The van der Waals surface area contributed by atoms with Gasteiger partial charge in [0.25, 0.3) is 0 Å². The van der Waals surface area contributed by atoms with Gasteiger partial charge in [-0.25, -0.2) is 0 Å². The molecule has 2 amide bonds. The Morgan fingerprint density at radius 2 is 1.56 bits per heavy atom. The van der Waals surface area contributed by atoms with Gasteiger partial charge in [-0.05, 0) is 49.8 Å². The highest BCUT2D eigenvalue weighted by atomic mass is 16.5. The zero-order chi connectivity index (χ0) is 32.8. The standard InChI is InChI=1S/C35H55N7O3/c1-26(2)15-22-45-35(3,4)16-13-33(44)42-20-18-41(19-21-42)17-14-32(43)39-24-27-9-11-28(12-10-27)25-40-34(31(38)23-36)29-7-5-6-8-30(29)37/h5-12,26,40H,13-25,36-38H2,1-4H3,(H,39,43)/b34-31-. The van der Waals surface area contributed by atoms with Crippen molar-refractivity contribution < 1.29 is 14.3 Å². The number of rotatable bonds is 17. The first-order valence-corrected chi connectivity index (χ1v) is 16.2. The number of nitrogens with one attached hydrogen (secondary N) is 2. The van der Waals surface area contributed by atoms with Crippen LogP contribution in [0.15, 0.2) is 54.2 Å². The molecule has 1 aliphatic heterocycles. The highest BCUT2D eigenvalue weighted by molar-refractivity contribution is 5.77. The first-order valence-electron chi connectivity index (χ1n) is 16.2. The molecule has 2 aromatic carbocycles. The third-order valence-corrected chi connectivity index (χ3v) is 8.26. The monoisotopic (exact) mass is 621 g/mol. The first kappa shape index (κ1) is 35.9. The van der Waals surface area contributed by atoms with Crippen LogP contribution < -0.4 is 27.8 Å². The van der Waals surface area contributed by atoms with Gasteiger partial charge in [-0.1, -0.05) is 56.3 Å². The number of anilines is 1. The van der Waals surface area contributed by atoms with Gasteiger partial charge in [-0.3, -0.25) is 14.5 Å². The Morgan fingerprint density at radius 3 is 2.16 bits per heavy atom. The fraction of sp³-hybridized carbons (Fsp3) is 0.543. The lowest BCUT2D eigenvalue weighted by Crippen LogP contribution is -2.49. The van der Waals surface area contributed by atoms with Gasteiger partial charge in [0.2, 0.25) is 11.8 Å². The Morgan fingerprint density at radius 1 is 0.933 bits per heavy atom. The molecule has 0 saturated carbocycles. The van der Waals surface area contributed by atoms with Crippen LogP contribution in [0.1, 0.15) is 70.1 Å². The minimum atomic E-state index is -0.294. The molecule has 1 heterocycles. The first-order chi connectivity index (χ1) is 21.5. The Kier molecular flexibility index (Phi) is 14.2. The van der Waals surface area contributed by atoms with E-state index in [1.54, 1.807) is 0 Å². The number of hydrogen-bond donors (Lipinski definition) is 5. The van der Waals surface area contributed by atoms with Gasteiger partial charge in [0, 0.05) is 88.8 Å². The second-order valence-corrected chi connectivity index (χ2v) is 12.9. The second-order valence-electron chi connectivity index (χ2n) is 12.9. The van der Waals surface area contributed by atoms with Crippen LogP contribution in [0.3, 0.4) is 0 Å². The summed E-state index contributed by atoms with van der Waals surface area (Å²) in [6, 6.07) is 15.6. The van der Waals surface area contributed by atoms with Crippen LogP contribution >= 0.6 is 0 Å². The van der Waals surface area contributed by atoms with Crippen LogP contribution in [0.4, 0.5) is 5.69 Å². The molecule has 10 heteroatoms. The second kappa shape index (κ2) is 17.8. The molecule has 0 aromatic heterocycles. The number of carbonyl (C=O) groups excluding carboxylic acids is 2. The van der Waals surface area contributed by atoms with E-state index in [-0.39, 0.29) is 24.0 Å². The van der Waals surface area contributed by atoms with Crippen LogP contribution in [0.25, 0.3) is 5.70 Å². The maximum Gasteiger partial charge on any atom is 0.222 e. The molecular formula is C35H55N7O3. The summed E-state index contributed by atoms with van der Waals surface area (Å²) < 4.78 is 6.02. The molecule has 0 atom stereocenters. The molecule has 1 saturated heterocycles. The predicted octanol–water partition coefficient (Wildman–Crippen LogP) is 3.42. The number of para-hydroxylation sites is 1. The normalized spacial score (nSPS) is 14.8. The van der Waals surface area contributed by atoms with Crippen LogP contribution in [0, 0.1) is 5.92 Å². The summed E-state index contributed by atoms with van der Waals surface area (Å²) in [7, 11) is 0. The minimum Gasteiger partial charge on any atom is -0.399 e. The number of nitrogens with two attached hydrogens (primary N) is 3. The molecule has 1 fully saturated rings. The number of nitrogen functional groups attached to an aromatic ring is 1. The molecule has 248 valence electrons. The summed E-state index contributed by atoms with van der Waals surface area (Å²) in [5.74, 6) is 0.816. The Bertz CT molecular complexity index is 1250. The molecule has 0 unspecified atom stereocenters. The van der Waals surface area contributed by atoms with Crippen LogP contribution in [0.5, 0.6) is 0 Å². The van der Waals surface area contributed by atoms with Crippen molar-refractivity contribution in [2.24, 2.45) is 17.4 Å². The lowest BCUT2D eigenvalue weighted by Gasteiger charge is -2.35. The summed E-state index contributed by atoms with van der Waals surface area (Å²) in [6.07, 6.45) is 2.67. The molecule has 0 aliphatic carbocycles. The van der Waals surface area contributed by atoms with Crippen molar-refractivity contribution in [3.05, 3.63) is 70.9 Å². The zero-order valence-corrected chi connectivity index (χ0v) is 27.7. The van der Waals surface area contributed by atoms with Crippen molar-refractivity contribution in [3.8, 4) is 0 Å². The topological polar surface area (TPSA) is 152 Å². The lowest BCUT2D eigenvalue weighted by molar-refractivity contribution is -0.135. The van der Waals surface area contributed by atoms with Crippen LogP contribution in [-0.4, -0.2) is 73.1 Å². The maximum absolute atomic E-state index is 12.8. The van der Waals surface area contributed by atoms with E-state index < -0.39 is 0 Å². The summed E-state index contributed by atoms with van der Waals surface area (Å²) >= 11 is 0. The Labute approximate surface area is 269 Å². The van der Waals surface area contributed by atoms with Gasteiger partial charge in [0.1, 0.15) is 0 Å². The average Bonchev–Trinajstić information content (AvgIpc) is 3.03. The smallest absolute Gasteiger partial charge is 0.222 e. The lowest BCUT2D eigenvalue weighted by atomic mass is 10.0. The third kappa shape index (κ3) is 12.4. The fourth-order valence-corrected chi connectivity index (χ4v) is 5.15. The number of carbonyl (C=O) groups is 2. The third-order valence-electron chi connectivity index (χ3n) is 8.26. The molecule has 0 radical (unpaired) electrons. The summed E-state index contributed by atoms with van der Waals surface area (Å²) in [5.41, 5.74) is 22.7. The largest absolute Gasteiger partial charge is 0.399 e. The number of piperazine rings is 1. The molecule has 10 nitrogen and oxygen atoms in total. The van der Waals surface area contributed by atoms with Gasteiger partial charge >= 0.3 is 0 Å². The van der Waals surface area contributed by atoms with Gasteiger partial charge in [0.15, 0.2) is 0 Å². The minimum absolute atomic E-state index is 0.0198. The molecular weight excluding hydrogens is 566 g/mol. The van der Waals surface area contributed by atoms with Crippen molar-refractivity contribution in [2.75, 3.05) is 51.6 Å². The van der Waals surface area contributed by atoms with E-state index in [9.17, 15) is 9.59 Å². The van der Waals surface area contributed by atoms with Crippen molar-refractivity contribution in [1.82, 2.24) is 20.4 Å². The van der Waals surface area contributed by atoms with E-state index in [0.717, 1.165) is 54.9 Å². The van der Waals surface area contributed by atoms with E-state index in [1.807, 2.05) is 53.4 Å². The Balaban J connectivity index is 1.34. The van der Waals surface area contributed by atoms with Crippen molar-refractivity contribution >= 4 is 23.2 Å². The fourth-order valence-electron chi connectivity index (χ4n) is 5.15. The van der Waals surface area contributed by atoms with E-state index in [2.05, 4.69) is 43.2 Å². The van der Waals surface area contributed by atoms with Crippen molar-refractivity contribution in [1.29, 1.82) is 0 Å². The zero-order valence-electron chi connectivity index (χ0n) is 27.7. The SMILES string of the molecule is CC(C)CCOC(C)(C)CCC(=O)N1CCN(CCC(=O)NCc2ccc(CN/C(=C(\N)CN)c3ccccc3N)cc2)CC1. The number of hydrogen-bond acceptors (Lipinski definition) is 8. The molecule has 0 spiro atoms. The molecule has 2 aromatic rings. The quantitative estimate of drug-likeness (QED) is 0.169. The van der Waals surface area contributed by atoms with E-state index in [4.69, 9.17) is 21.9 Å². The van der Waals surface area contributed by atoms with E-state index in [1.165, 1.54) is 0 Å². The highest BCUT2D eigenvalue weighted by Crippen LogP contribution is 2.22. The maximum atomic E-state index is 12.8. The van der Waals surface area contributed by atoms with E-state index in [0.29, 0.717) is 62.9 Å². The van der Waals surface area contributed by atoms with Crippen molar-refractivity contribution in [2.45, 2.75) is 72.1 Å². The molecule has 45 heavy (non-hydrogen) atoms. The van der Waals surface area contributed by atoms with E-state index >= 15 is 0 Å². The van der Waals surface area contributed by atoms with Gasteiger partial charge < -0.3 is 37.5 Å².